The topological polar surface area (TPSA) is 104 Å². The SMILES string of the molecule is CC(CN)CCC(N)C(N)CCCCCN. The van der Waals surface area contributed by atoms with Crippen molar-refractivity contribution in [3.63, 3.8) is 0 Å². The number of hydrogen-bond acceptors (Lipinski definition) is 4. The zero-order valence-corrected chi connectivity index (χ0v) is 10.7. The molecule has 0 heterocycles. The molecule has 4 heteroatoms. The minimum atomic E-state index is 0.117. The average Bonchev–Trinajstić information content (AvgIpc) is 2.30. The van der Waals surface area contributed by atoms with Crippen LogP contribution in [0, 0.1) is 5.92 Å². The molecule has 0 amide bonds. The Morgan fingerprint density at radius 3 is 2.00 bits per heavy atom. The molecule has 0 fully saturated rings. The standard InChI is InChI=1S/C12H30N4/c1-10(9-14)6-7-12(16)11(15)5-3-2-4-8-13/h10-12H,2-9,13-16H2,1H3. The Kier molecular flexibility index (Phi) is 9.92. The van der Waals surface area contributed by atoms with Crippen molar-refractivity contribution in [2.24, 2.45) is 28.9 Å². The highest BCUT2D eigenvalue weighted by Crippen LogP contribution is 2.10. The zero-order chi connectivity index (χ0) is 12.4. The summed E-state index contributed by atoms with van der Waals surface area (Å²) in [6.07, 6.45) is 6.46. The first-order valence-corrected chi connectivity index (χ1v) is 6.53. The van der Waals surface area contributed by atoms with Gasteiger partial charge in [0.2, 0.25) is 0 Å². The molecule has 0 aliphatic heterocycles. The molecule has 0 bridgehead atoms. The zero-order valence-electron chi connectivity index (χ0n) is 10.7. The van der Waals surface area contributed by atoms with E-state index < -0.39 is 0 Å². The van der Waals surface area contributed by atoms with Crippen molar-refractivity contribution in [2.75, 3.05) is 13.1 Å². The van der Waals surface area contributed by atoms with E-state index in [0.29, 0.717) is 5.92 Å². The smallest absolute Gasteiger partial charge is 0.0192 e. The summed E-state index contributed by atoms with van der Waals surface area (Å²) in [5, 5.41) is 0. The third-order valence-electron chi connectivity index (χ3n) is 3.19. The van der Waals surface area contributed by atoms with Gasteiger partial charge in [0.25, 0.3) is 0 Å². The van der Waals surface area contributed by atoms with E-state index in [0.717, 1.165) is 51.6 Å². The highest BCUT2D eigenvalue weighted by Gasteiger charge is 2.13. The van der Waals surface area contributed by atoms with Crippen LogP contribution < -0.4 is 22.9 Å². The van der Waals surface area contributed by atoms with E-state index in [1.54, 1.807) is 0 Å². The van der Waals surface area contributed by atoms with Gasteiger partial charge in [0, 0.05) is 12.1 Å². The molecule has 3 atom stereocenters. The molecular formula is C12H30N4. The van der Waals surface area contributed by atoms with Crippen LogP contribution in [0.2, 0.25) is 0 Å². The number of nitrogens with two attached hydrogens (primary N) is 4. The summed E-state index contributed by atoms with van der Waals surface area (Å²) in [4.78, 5) is 0. The van der Waals surface area contributed by atoms with Gasteiger partial charge >= 0.3 is 0 Å². The lowest BCUT2D eigenvalue weighted by Crippen LogP contribution is -2.41. The fourth-order valence-corrected chi connectivity index (χ4v) is 1.72. The van der Waals surface area contributed by atoms with Gasteiger partial charge in [-0.1, -0.05) is 19.8 Å². The number of unbranched alkanes of at least 4 members (excludes halogenated alkanes) is 2. The van der Waals surface area contributed by atoms with E-state index >= 15 is 0 Å². The predicted octanol–water partition coefficient (Wildman–Crippen LogP) is 0.535. The Bertz CT molecular complexity index is 152. The van der Waals surface area contributed by atoms with Crippen molar-refractivity contribution in [3.8, 4) is 0 Å². The summed E-state index contributed by atoms with van der Waals surface area (Å²) in [7, 11) is 0. The average molecular weight is 230 g/mol. The first-order valence-electron chi connectivity index (χ1n) is 6.53. The second-order valence-electron chi connectivity index (χ2n) is 4.88. The van der Waals surface area contributed by atoms with E-state index in [4.69, 9.17) is 22.9 Å². The maximum absolute atomic E-state index is 6.04. The van der Waals surface area contributed by atoms with Crippen LogP contribution in [-0.2, 0) is 0 Å². The quantitative estimate of drug-likeness (QED) is 0.411. The molecule has 4 nitrogen and oxygen atoms in total. The summed E-state index contributed by atoms with van der Waals surface area (Å²) >= 11 is 0. The lowest BCUT2D eigenvalue weighted by Gasteiger charge is -2.21. The molecule has 0 radical (unpaired) electrons. The van der Waals surface area contributed by atoms with Crippen LogP contribution in [0.15, 0.2) is 0 Å². The molecule has 0 saturated carbocycles. The summed E-state index contributed by atoms with van der Waals surface area (Å²) in [5.41, 5.74) is 23.1. The number of hydrogen-bond donors (Lipinski definition) is 4. The molecule has 98 valence electrons. The van der Waals surface area contributed by atoms with E-state index in [2.05, 4.69) is 6.92 Å². The van der Waals surface area contributed by atoms with Crippen LogP contribution in [0.1, 0.15) is 45.4 Å². The second kappa shape index (κ2) is 10.0. The van der Waals surface area contributed by atoms with Gasteiger partial charge in [0.05, 0.1) is 0 Å². The molecule has 0 saturated heterocycles. The van der Waals surface area contributed by atoms with Crippen molar-refractivity contribution in [1.82, 2.24) is 0 Å². The summed E-state index contributed by atoms with van der Waals surface area (Å²) in [6, 6.07) is 0.245. The van der Waals surface area contributed by atoms with Gasteiger partial charge in [-0.05, 0) is 44.7 Å². The molecule has 0 rings (SSSR count). The van der Waals surface area contributed by atoms with Crippen LogP contribution in [-0.4, -0.2) is 25.2 Å². The highest BCUT2D eigenvalue weighted by atomic mass is 14.8. The Morgan fingerprint density at radius 1 is 0.812 bits per heavy atom. The maximum Gasteiger partial charge on any atom is 0.0192 e. The monoisotopic (exact) mass is 230 g/mol. The van der Waals surface area contributed by atoms with E-state index in [1.165, 1.54) is 0 Å². The fourth-order valence-electron chi connectivity index (χ4n) is 1.72. The van der Waals surface area contributed by atoms with E-state index in [-0.39, 0.29) is 12.1 Å². The lowest BCUT2D eigenvalue weighted by atomic mass is 9.95. The Morgan fingerprint density at radius 2 is 1.44 bits per heavy atom. The minimum absolute atomic E-state index is 0.117. The second-order valence-corrected chi connectivity index (χ2v) is 4.88. The van der Waals surface area contributed by atoms with Crippen LogP contribution in [0.25, 0.3) is 0 Å². The first kappa shape index (κ1) is 15.8. The first-order chi connectivity index (χ1) is 7.61. The van der Waals surface area contributed by atoms with Gasteiger partial charge in [0.15, 0.2) is 0 Å². The molecule has 0 aromatic carbocycles. The number of rotatable bonds is 10. The van der Waals surface area contributed by atoms with Crippen molar-refractivity contribution in [3.05, 3.63) is 0 Å². The molecular weight excluding hydrogens is 200 g/mol. The third kappa shape index (κ3) is 8.05. The lowest BCUT2D eigenvalue weighted by molar-refractivity contribution is 0.407. The van der Waals surface area contributed by atoms with Crippen LogP contribution in [0.5, 0.6) is 0 Å². The van der Waals surface area contributed by atoms with Crippen molar-refractivity contribution < 1.29 is 0 Å². The van der Waals surface area contributed by atoms with Gasteiger partial charge in [0.1, 0.15) is 0 Å². The molecule has 0 aromatic rings. The summed E-state index contributed by atoms with van der Waals surface area (Å²) in [5.74, 6) is 0.551. The minimum Gasteiger partial charge on any atom is -0.330 e. The van der Waals surface area contributed by atoms with Crippen molar-refractivity contribution in [2.45, 2.75) is 57.5 Å². The van der Waals surface area contributed by atoms with Gasteiger partial charge in [-0.2, -0.15) is 0 Å². The fraction of sp³-hybridized carbons (Fsp3) is 1.00. The molecule has 0 aromatic heterocycles. The molecule has 16 heavy (non-hydrogen) atoms. The Balaban J connectivity index is 3.52. The summed E-state index contributed by atoms with van der Waals surface area (Å²) < 4.78 is 0. The van der Waals surface area contributed by atoms with Gasteiger partial charge in [-0.15, -0.1) is 0 Å². The van der Waals surface area contributed by atoms with Crippen LogP contribution in [0.4, 0.5) is 0 Å². The highest BCUT2D eigenvalue weighted by molar-refractivity contribution is 4.76. The van der Waals surface area contributed by atoms with E-state index in [9.17, 15) is 0 Å². The van der Waals surface area contributed by atoms with Crippen molar-refractivity contribution >= 4 is 0 Å². The maximum atomic E-state index is 6.04. The molecule has 8 N–H and O–H groups in total. The van der Waals surface area contributed by atoms with E-state index in [1.807, 2.05) is 0 Å². The van der Waals surface area contributed by atoms with Crippen LogP contribution in [0.3, 0.4) is 0 Å². The Labute approximate surface area is 100 Å². The third-order valence-corrected chi connectivity index (χ3v) is 3.19. The molecule has 3 unspecified atom stereocenters. The van der Waals surface area contributed by atoms with Crippen LogP contribution >= 0.6 is 0 Å². The summed E-state index contributed by atoms with van der Waals surface area (Å²) in [6.45, 7) is 3.66. The van der Waals surface area contributed by atoms with Gasteiger partial charge in [-0.3, -0.25) is 0 Å². The van der Waals surface area contributed by atoms with Gasteiger partial charge < -0.3 is 22.9 Å². The molecule has 0 aliphatic rings. The normalized spacial score (nSPS) is 17.1. The Hall–Kier alpha value is -0.160. The molecule has 0 aliphatic carbocycles. The predicted molar refractivity (Wildman–Crippen MR) is 70.9 cm³/mol. The largest absolute Gasteiger partial charge is 0.330 e. The van der Waals surface area contributed by atoms with Gasteiger partial charge in [-0.25, -0.2) is 0 Å². The molecule has 0 spiro atoms. The van der Waals surface area contributed by atoms with Crippen molar-refractivity contribution in [1.29, 1.82) is 0 Å².